The van der Waals surface area contributed by atoms with Gasteiger partial charge in [0.2, 0.25) is 0 Å². The Morgan fingerprint density at radius 1 is 0.789 bits per heavy atom. The lowest BCUT2D eigenvalue weighted by molar-refractivity contribution is 0.101. The molecule has 0 aromatic heterocycles. The maximum absolute atomic E-state index is 13.4. The van der Waals surface area contributed by atoms with Crippen LogP contribution in [0.25, 0.3) is 0 Å². The number of hydrogen-bond acceptors (Lipinski definition) is 1. The molecule has 0 heterocycles. The van der Waals surface area contributed by atoms with Crippen LogP contribution >= 0.6 is 0 Å². The molecule has 2 rings (SSSR count). The first-order chi connectivity index (χ1) is 8.79. The van der Waals surface area contributed by atoms with Gasteiger partial charge in [0.05, 0.1) is 0 Å². The molecule has 0 fully saturated rings. The number of hydrogen-bond donors (Lipinski definition) is 1. The van der Waals surface area contributed by atoms with Crippen molar-refractivity contribution in [2.75, 3.05) is 0 Å². The highest BCUT2D eigenvalue weighted by molar-refractivity contribution is 5.37. The summed E-state index contributed by atoms with van der Waals surface area (Å²) >= 11 is 0. The molecular formula is C15H13F3O. The normalized spacial score (nSPS) is 14.2. The van der Waals surface area contributed by atoms with Crippen LogP contribution < -0.4 is 0 Å². The molecule has 0 saturated heterocycles. The van der Waals surface area contributed by atoms with Crippen LogP contribution in [0.3, 0.4) is 0 Å². The van der Waals surface area contributed by atoms with Crippen molar-refractivity contribution < 1.29 is 18.3 Å². The molecule has 0 radical (unpaired) electrons. The summed E-state index contributed by atoms with van der Waals surface area (Å²) in [5.74, 6) is -2.08. The molecule has 1 atom stereocenters. The van der Waals surface area contributed by atoms with Crippen LogP contribution in [0.15, 0.2) is 36.4 Å². The number of benzene rings is 2. The van der Waals surface area contributed by atoms with Gasteiger partial charge in [-0.1, -0.05) is 6.07 Å². The zero-order valence-corrected chi connectivity index (χ0v) is 10.5. The molecule has 1 unspecified atom stereocenters. The van der Waals surface area contributed by atoms with Crippen LogP contribution in [-0.2, 0) is 5.60 Å². The Hall–Kier alpha value is -1.81. The van der Waals surface area contributed by atoms with Crippen molar-refractivity contribution >= 4 is 0 Å². The van der Waals surface area contributed by atoms with Crippen molar-refractivity contribution in [2.24, 2.45) is 0 Å². The number of rotatable bonds is 2. The fourth-order valence-corrected chi connectivity index (χ4v) is 2.02. The van der Waals surface area contributed by atoms with Gasteiger partial charge in [0.25, 0.3) is 0 Å². The minimum atomic E-state index is -1.67. The quantitative estimate of drug-likeness (QED) is 0.879. The van der Waals surface area contributed by atoms with E-state index in [1.807, 2.05) is 0 Å². The summed E-state index contributed by atoms with van der Waals surface area (Å²) in [6, 6.07) is 6.82. The summed E-state index contributed by atoms with van der Waals surface area (Å²) in [7, 11) is 0. The highest BCUT2D eigenvalue weighted by Gasteiger charge is 2.27. The molecule has 0 aliphatic rings. The molecule has 1 N–H and O–H groups in total. The summed E-state index contributed by atoms with van der Waals surface area (Å²) in [6.45, 7) is 3.05. The lowest BCUT2D eigenvalue weighted by Crippen LogP contribution is -2.23. The molecule has 100 valence electrons. The monoisotopic (exact) mass is 266 g/mol. The smallest absolute Gasteiger partial charge is 0.126 e. The predicted molar refractivity (Wildman–Crippen MR) is 66.2 cm³/mol. The summed E-state index contributed by atoms with van der Waals surface area (Å²) in [5.41, 5.74) is -0.771. The lowest BCUT2D eigenvalue weighted by Gasteiger charge is -2.25. The molecule has 19 heavy (non-hydrogen) atoms. The fourth-order valence-electron chi connectivity index (χ4n) is 2.02. The lowest BCUT2D eigenvalue weighted by atomic mass is 9.87. The second-order valence-electron chi connectivity index (χ2n) is 4.75. The Morgan fingerprint density at radius 3 is 1.68 bits per heavy atom. The summed E-state index contributed by atoms with van der Waals surface area (Å²) in [4.78, 5) is 0. The first-order valence-corrected chi connectivity index (χ1v) is 5.75. The zero-order valence-electron chi connectivity index (χ0n) is 10.5. The molecule has 0 bridgehead atoms. The number of halogens is 3. The van der Waals surface area contributed by atoms with Crippen molar-refractivity contribution in [3.05, 3.63) is 70.5 Å². The van der Waals surface area contributed by atoms with E-state index in [0.29, 0.717) is 5.56 Å². The van der Waals surface area contributed by atoms with Gasteiger partial charge in [-0.15, -0.1) is 0 Å². The van der Waals surface area contributed by atoms with E-state index in [4.69, 9.17) is 0 Å². The third-order valence-electron chi connectivity index (χ3n) is 3.03. The fraction of sp³-hybridized carbons (Fsp3) is 0.200. The van der Waals surface area contributed by atoms with Crippen molar-refractivity contribution in [3.8, 4) is 0 Å². The molecule has 0 aliphatic carbocycles. The first-order valence-electron chi connectivity index (χ1n) is 5.75. The van der Waals surface area contributed by atoms with E-state index in [-0.39, 0.29) is 11.1 Å². The minimum Gasteiger partial charge on any atom is -0.381 e. The average Bonchev–Trinajstić information content (AvgIpc) is 2.26. The van der Waals surface area contributed by atoms with Gasteiger partial charge in [0.15, 0.2) is 0 Å². The van der Waals surface area contributed by atoms with Crippen molar-refractivity contribution in [1.29, 1.82) is 0 Å². The SMILES string of the molecule is Cc1cc(F)cc(C(C)(O)c2cc(F)cc(F)c2)c1. The largest absolute Gasteiger partial charge is 0.381 e. The van der Waals surface area contributed by atoms with Crippen LogP contribution in [-0.4, -0.2) is 5.11 Å². The highest BCUT2D eigenvalue weighted by atomic mass is 19.1. The van der Waals surface area contributed by atoms with Crippen LogP contribution in [0.1, 0.15) is 23.6 Å². The van der Waals surface area contributed by atoms with Crippen molar-refractivity contribution in [2.45, 2.75) is 19.4 Å². The standard InChI is InChI=1S/C15H13F3O/c1-9-3-10(5-12(16)4-9)15(2,19)11-6-13(17)8-14(18)7-11/h3-8,19H,1-2H3. The highest BCUT2D eigenvalue weighted by Crippen LogP contribution is 2.31. The third kappa shape index (κ3) is 2.79. The second-order valence-corrected chi connectivity index (χ2v) is 4.75. The maximum Gasteiger partial charge on any atom is 0.126 e. The van der Waals surface area contributed by atoms with Crippen LogP contribution in [0.5, 0.6) is 0 Å². The van der Waals surface area contributed by atoms with Gasteiger partial charge in [-0.3, -0.25) is 0 Å². The van der Waals surface area contributed by atoms with E-state index in [2.05, 4.69) is 0 Å². The molecule has 1 nitrogen and oxygen atoms in total. The van der Waals surface area contributed by atoms with E-state index in [9.17, 15) is 18.3 Å². The maximum atomic E-state index is 13.4. The van der Waals surface area contributed by atoms with E-state index in [0.717, 1.165) is 24.3 Å². The van der Waals surface area contributed by atoms with Gasteiger partial charge in [-0.05, 0) is 54.8 Å². The molecule has 0 aliphatic heterocycles. The van der Waals surface area contributed by atoms with E-state index >= 15 is 0 Å². The minimum absolute atomic E-state index is 0.0370. The Bertz CT molecular complexity index is 527. The van der Waals surface area contributed by atoms with Crippen LogP contribution in [0.2, 0.25) is 0 Å². The van der Waals surface area contributed by atoms with Gasteiger partial charge in [-0.25, -0.2) is 13.2 Å². The molecule has 2 aromatic rings. The molecule has 2 aromatic carbocycles. The van der Waals surface area contributed by atoms with E-state index in [1.54, 1.807) is 13.0 Å². The van der Waals surface area contributed by atoms with Gasteiger partial charge < -0.3 is 5.11 Å². The van der Waals surface area contributed by atoms with Crippen LogP contribution in [0.4, 0.5) is 13.2 Å². The number of aliphatic hydroxyl groups is 1. The molecule has 0 amide bonds. The van der Waals surface area contributed by atoms with Gasteiger partial charge in [0, 0.05) is 6.07 Å². The Labute approximate surface area is 109 Å². The Balaban J connectivity index is 2.57. The van der Waals surface area contributed by atoms with Crippen molar-refractivity contribution in [3.63, 3.8) is 0 Å². The number of aryl methyl sites for hydroxylation is 1. The molecule has 4 heteroatoms. The summed E-state index contributed by atoms with van der Waals surface area (Å²) in [6.07, 6.45) is 0. The molecule has 0 spiro atoms. The van der Waals surface area contributed by atoms with Crippen LogP contribution in [0, 0.1) is 24.4 Å². The van der Waals surface area contributed by atoms with Gasteiger partial charge in [0.1, 0.15) is 23.1 Å². The first kappa shape index (κ1) is 13.6. The predicted octanol–water partition coefficient (Wildman–Crippen LogP) is 3.67. The zero-order chi connectivity index (χ0) is 14.2. The Kier molecular flexibility index (Phi) is 3.37. The summed E-state index contributed by atoms with van der Waals surface area (Å²) in [5, 5.41) is 10.5. The molecule has 0 saturated carbocycles. The molecular weight excluding hydrogens is 253 g/mol. The Morgan fingerprint density at radius 2 is 1.21 bits per heavy atom. The summed E-state index contributed by atoms with van der Waals surface area (Å²) < 4.78 is 39.8. The second kappa shape index (κ2) is 4.70. The van der Waals surface area contributed by atoms with Gasteiger partial charge in [-0.2, -0.15) is 0 Å². The van der Waals surface area contributed by atoms with Crippen molar-refractivity contribution in [1.82, 2.24) is 0 Å². The van der Waals surface area contributed by atoms with E-state index in [1.165, 1.54) is 13.0 Å². The van der Waals surface area contributed by atoms with E-state index < -0.39 is 23.1 Å². The third-order valence-corrected chi connectivity index (χ3v) is 3.03. The topological polar surface area (TPSA) is 20.2 Å². The van der Waals surface area contributed by atoms with Gasteiger partial charge >= 0.3 is 0 Å². The average molecular weight is 266 g/mol.